The number of carbonyl (C=O) groups excluding carboxylic acids is 3. The SMILES string of the molecule is C=CC(=O)Oc1ccc(C(=O)Oc2ccc(OC(=O)C3CCC(OCCCCCCCCCCCOC(=C)C)CC3)cc2)cc1. The summed E-state index contributed by atoms with van der Waals surface area (Å²) in [7, 11) is 0. The fraction of sp³-hybridized carbons (Fsp3) is 0.486. The highest BCUT2D eigenvalue weighted by Crippen LogP contribution is 2.29. The molecule has 0 spiro atoms. The topological polar surface area (TPSA) is 97.4 Å². The molecule has 0 aromatic heterocycles. The molecular weight excluding hydrogens is 572 g/mol. The third-order valence-electron chi connectivity index (χ3n) is 7.73. The molecule has 1 aliphatic carbocycles. The Kier molecular flexibility index (Phi) is 16.0. The van der Waals surface area contributed by atoms with Crippen LogP contribution in [-0.2, 0) is 19.1 Å². The van der Waals surface area contributed by atoms with Crippen LogP contribution in [0, 0.1) is 5.92 Å². The first-order chi connectivity index (χ1) is 21.8. The summed E-state index contributed by atoms with van der Waals surface area (Å²) in [5.41, 5.74) is 0.294. The van der Waals surface area contributed by atoms with Crippen molar-refractivity contribution in [2.45, 2.75) is 96.5 Å². The number of benzene rings is 2. The second-order valence-corrected chi connectivity index (χ2v) is 11.5. The van der Waals surface area contributed by atoms with Crippen LogP contribution < -0.4 is 14.2 Å². The van der Waals surface area contributed by atoms with Gasteiger partial charge in [-0.05, 0) is 94.0 Å². The highest BCUT2D eigenvalue weighted by Gasteiger charge is 2.28. The normalized spacial score (nSPS) is 15.9. The first-order valence-electron chi connectivity index (χ1n) is 16.2. The van der Waals surface area contributed by atoms with Gasteiger partial charge in [-0.3, -0.25) is 4.79 Å². The lowest BCUT2D eigenvalue weighted by molar-refractivity contribution is -0.141. The van der Waals surface area contributed by atoms with Gasteiger partial charge < -0.3 is 23.7 Å². The van der Waals surface area contributed by atoms with E-state index in [4.69, 9.17) is 23.7 Å². The smallest absolute Gasteiger partial charge is 0.343 e. The maximum absolute atomic E-state index is 12.7. The fourth-order valence-electron chi connectivity index (χ4n) is 5.16. The van der Waals surface area contributed by atoms with E-state index in [-0.39, 0.29) is 18.0 Å². The van der Waals surface area contributed by atoms with Crippen molar-refractivity contribution in [3.63, 3.8) is 0 Å². The molecule has 0 radical (unpaired) electrons. The molecule has 1 aliphatic rings. The maximum atomic E-state index is 12.7. The molecule has 0 N–H and O–H groups in total. The Balaban J connectivity index is 1.23. The molecular formula is C37H48O8. The van der Waals surface area contributed by atoms with Crippen molar-refractivity contribution in [2.24, 2.45) is 5.92 Å². The van der Waals surface area contributed by atoms with Crippen LogP contribution in [0.2, 0.25) is 0 Å². The molecule has 2 aromatic rings. The zero-order chi connectivity index (χ0) is 32.3. The zero-order valence-corrected chi connectivity index (χ0v) is 26.6. The van der Waals surface area contributed by atoms with Gasteiger partial charge in [0.15, 0.2) is 0 Å². The van der Waals surface area contributed by atoms with E-state index in [1.807, 2.05) is 6.92 Å². The number of hydrogen-bond donors (Lipinski definition) is 0. The summed E-state index contributed by atoms with van der Waals surface area (Å²) in [5.74, 6) is 0.280. The predicted octanol–water partition coefficient (Wildman–Crippen LogP) is 8.54. The minimum atomic E-state index is -0.584. The second-order valence-electron chi connectivity index (χ2n) is 11.5. The van der Waals surface area contributed by atoms with Gasteiger partial charge in [0.25, 0.3) is 0 Å². The van der Waals surface area contributed by atoms with Crippen molar-refractivity contribution in [2.75, 3.05) is 13.2 Å². The van der Waals surface area contributed by atoms with Crippen molar-refractivity contribution < 1.29 is 38.1 Å². The first-order valence-corrected chi connectivity index (χ1v) is 16.2. The fourth-order valence-corrected chi connectivity index (χ4v) is 5.16. The summed E-state index contributed by atoms with van der Waals surface area (Å²) in [5, 5.41) is 0. The van der Waals surface area contributed by atoms with Gasteiger partial charge in [0.1, 0.15) is 17.2 Å². The van der Waals surface area contributed by atoms with E-state index >= 15 is 0 Å². The molecule has 1 fully saturated rings. The Bertz CT molecular complexity index is 1210. The van der Waals surface area contributed by atoms with Crippen LogP contribution in [0.25, 0.3) is 0 Å². The molecule has 8 heteroatoms. The molecule has 2 aromatic carbocycles. The van der Waals surface area contributed by atoms with Gasteiger partial charge in [0.2, 0.25) is 0 Å². The summed E-state index contributed by atoms with van der Waals surface area (Å²) < 4.78 is 27.5. The lowest BCUT2D eigenvalue weighted by Gasteiger charge is -2.27. The van der Waals surface area contributed by atoms with E-state index < -0.39 is 11.9 Å². The Morgan fingerprint density at radius 2 is 1.18 bits per heavy atom. The molecule has 0 aliphatic heterocycles. The summed E-state index contributed by atoms with van der Waals surface area (Å²) in [6.07, 6.45) is 15.6. The van der Waals surface area contributed by atoms with E-state index in [0.717, 1.165) is 63.6 Å². The van der Waals surface area contributed by atoms with Crippen LogP contribution in [0.5, 0.6) is 17.2 Å². The van der Waals surface area contributed by atoms with E-state index in [0.29, 0.717) is 22.8 Å². The van der Waals surface area contributed by atoms with Crippen LogP contribution in [0.1, 0.15) is 101 Å². The van der Waals surface area contributed by atoms with Crippen LogP contribution in [-0.4, -0.2) is 37.2 Å². The van der Waals surface area contributed by atoms with Gasteiger partial charge in [-0.25, -0.2) is 9.59 Å². The number of rotatable bonds is 20. The minimum Gasteiger partial charge on any atom is -0.499 e. The Morgan fingerprint density at radius 3 is 1.73 bits per heavy atom. The Labute approximate surface area is 267 Å². The molecule has 1 saturated carbocycles. The third-order valence-corrected chi connectivity index (χ3v) is 7.73. The van der Waals surface area contributed by atoms with Crippen molar-refractivity contribution in [1.82, 2.24) is 0 Å². The standard InChI is InChI=1S/C37H48O8/c1-4-35(38)43-32-20-16-30(17-21-32)37(40)45-34-24-22-33(23-25-34)44-36(39)29-14-18-31(19-15-29)42-27-13-11-9-7-5-6-8-10-12-26-41-28(2)3/h4,16-17,20-25,29,31H,1-2,5-15,18-19,26-27H2,3H3. The van der Waals surface area contributed by atoms with Crippen molar-refractivity contribution in [3.05, 3.63) is 79.1 Å². The summed E-state index contributed by atoms with van der Waals surface area (Å²) in [6.45, 7) is 10.6. The number of ether oxygens (including phenoxy) is 5. The molecule has 244 valence electrons. The third kappa shape index (κ3) is 14.2. The maximum Gasteiger partial charge on any atom is 0.343 e. The molecule has 0 unspecified atom stereocenters. The Hall–Kier alpha value is -3.91. The summed E-state index contributed by atoms with van der Waals surface area (Å²) in [6, 6.07) is 12.4. The van der Waals surface area contributed by atoms with Crippen molar-refractivity contribution in [3.8, 4) is 17.2 Å². The lowest BCUT2D eigenvalue weighted by Crippen LogP contribution is -2.29. The number of unbranched alkanes of at least 4 members (excludes halogenated alkanes) is 8. The Morgan fingerprint density at radius 1 is 0.689 bits per heavy atom. The molecule has 3 rings (SSSR count). The molecule has 0 atom stereocenters. The average Bonchev–Trinajstić information content (AvgIpc) is 3.04. The van der Waals surface area contributed by atoms with Crippen LogP contribution >= 0.6 is 0 Å². The largest absolute Gasteiger partial charge is 0.499 e. The van der Waals surface area contributed by atoms with Crippen LogP contribution in [0.3, 0.4) is 0 Å². The van der Waals surface area contributed by atoms with Crippen molar-refractivity contribution >= 4 is 17.9 Å². The van der Waals surface area contributed by atoms with Gasteiger partial charge >= 0.3 is 17.9 Å². The van der Waals surface area contributed by atoms with Crippen LogP contribution in [0.15, 0.2) is 73.5 Å². The number of esters is 3. The monoisotopic (exact) mass is 620 g/mol. The number of allylic oxidation sites excluding steroid dienone is 1. The summed E-state index contributed by atoms with van der Waals surface area (Å²) >= 11 is 0. The van der Waals surface area contributed by atoms with E-state index in [1.54, 1.807) is 24.3 Å². The molecule has 8 nitrogen and oxygen atoms in total. The highest BCUT2D eigenvalue weighted by molar-refractivity contribution is 5.91. The van der Waals surface area contributed by atoms with Gasteiger partial charge in [0, 0.05) is 12.7 Å². The van der Waals surface area contributed by atoms with Crippen molar-refractivity contribution in [1.29, 1.82) is 0 Å². The quantitative estimate of drug-likeness (QED) is 0.0478. The van der Waals surface area contributed by atoms with Gasteiger partial charge in [-0.2, -0.15) is 0 Å². The molecule has 0 bridgehead atoms. The summed E-state index contributed by atoms with van der Waals surface area (Å²) in [4.78, 5) is 36.5. The van der Waals surface area contributed by atoms with E-state index in [2.05, 4.69) is 13.2 Å². The van der Waals surface area contributed by atoms with Crippen LogP contribution in [0.4, 0.5) is 0 Å². The molecule has 0 heterocycles. The lowest BCUT2D eigenvalue weighted by atomic mass is 9.87. The molecule has 0 amide bonds. The predicted molar refractivity (Wildman–Crippen MR) is 173 cm³/mol. The number of carbonyl (C=O) groups is 3. The zero-order valence-electron chi connectivity index (χ0n) is 26.6. The molecule has 45 heavy (non-hydrogen) atoms. The first kappa shape index (κ1) is 35.6. The highest BCUT2D eigenvalue weighted by atomic mass is 16.5. The molecule has 0 saturated heterocycles. The van der Waals surface area contributed by atoms with Gasteiger partial charge in [-0.1, -0.05) is 58.1 Å². The van der Waals surface area contributed by atoms with Gasteiger partial charge in [0.05, 0.1) is 30.0 Å². The van der Waals surface area contributed by atoms with E-state index in [1.165, 1.54) is 69.2 Å². The van der Waals surface area contributed by atoms with E-state index in [9.17, 15) is 14.4 Å². The average molecular weight is 621 g/mol. The van der Waals surface area contributed by atoms with Gasteiger partial charge in [-0.15, -0.1) is 0 Å². The second kappa shape index (κ2) is 20.2. The number of hydrogen-bond acceptors (Lipinski definition) is 8. The minimum absolute atomic E-state index is 0.144.